The molecule has 0 fully saturated rings. The van der Waals surface area contributed by atoms with E-state index in [2.05, 4.69) is 4.52 Å². The van der Waals surface area contributed by atoms with Crippen LogP contribution in [0.5, 0.6) is 0 Å². The molecule has 0 bridgehead atoms. The van der Waals surface area contributed by atoms with Crippen LogP contribution in [0.3, 0.4) is 0 Å². The lowest BCUT2D eigenvalue weighted by Gasteiger charge is -2.09. The Morgan fingerprint density at radius 1 is 1.56 bits per heavy atom. The summed E-state index contributed by atoms with van der Waals surface area (Å²) in [6.07, 6.45) is 0.881. The van der Waals surface area contributed by atoms with E-state index in [1.165, 1.54) is 25.1 Å². The van der Waals surface area contributed by atoms with Gasteiger partial charge in [0.05, 0.1) is 6.61 Å². The van der Waals surface area contributed by atoms with E-state index in [1.54, 1.807) is 6.07 Å². The van der Waals surface area contributed by atoms with E-state index < -0.39 is 18.9 Å². The Kier molecular flexibility index (Phi) is 4.24. The Morgan fingerprint density at radius 3 is 2.75 bits per heavy atom. The van der Waals surface area contributed by atoms with Crippen LogP contribution in [0, 0.1) is 5.82 Å². The first-order valence-electron chi connectivity index (χ1n) is 4.60. The molecule has 0 aliphatic rings. The van der Waals surface area contributed by atoms with E-state index in [0.29, 0.717) is 0 Å². The molecule has 0 spiro atoms. The maximum Gasteiger partial charge on any atom is 0.392 e. The number of rotatable bonds is 4. The van der Waals surface area contributed by atoms with Crippen molar-refractivity contribution in [2.45, 2.75) is 6.92 Å². The van der Waals surface area contributed by atoms with Gasteiger partial charge in [-0.3, -0.25) is 4.57 Å². The second kappa shape index (κ2) is 5.25. The highest BCUT2D eigenvalue weighted by atomic mass is 31.2. The standard InChI is InChI=1S/C10H12FO4P/c1-2-15-16(13,14)10(12)7-8-5-3-4-6-9(8)11/h3-7,12H,2H2,1H3,(H,13,14). The summed E-state index contributed by atoms with van der Waals surface area (Å²) in [5.74, 6) is -0.592. The molecule has 4 nitrogen and oxygen atoms in total. The predicted molar refractivity (Wildman–Crippen MR) is 58.5 cm³/mol. The fourth-order valence-electron chi connectivity index (χ4n) is 1.05. The van der Waals surface area contributed by atoms with Gasteiger partial charge in [0, 0.05) is 5.56 Å². The summed E-state index contributed by atoms with van der Waals surface area (Å²) in [7, 11) is -4.22. The highest BCUT2D eigenvalue weighted by Gasteiger charge is 2.25. The van der Waals surface area contributed by atoms with E-state index in [9.17, 15) is 19.0 Å². The SMILES string of the molecule is CCOP(=O)(O)C(O)=Cc1ccccc1F. The average Bonchev–Trinajstić information content (AvgIpc) is 2.21. The third-order valence-electron chi connectivity index (χ3n) is 1.78. The minimum Gasteiger partial charge on any atom is -0.501 e. The van der Waals surface area contributed by atoms with Gasteiger partial charge in [-0.25, -0.2) is 4.39 Å². The summed E-state index contributed by atoms with van der Waals surface area (Å²) in [5.41, 5.74) is -0.853. The van der Waals surface area contributed by atoms with Crippen LogP contribution in [0.1, 0.15) is 12.5 Å². The second-order valence-electron chi connectivity index (χ2n) is 2.96. The zero-order valence-electron chi connectivity index (χ0n) is 8.63. The maximum atomic E-state index is 13.2. The quantitative estimate of drug-likeness (QED) is 0.633. The van der Waals surface area contributed by atoms with Crippen molar-refractivity contribution in [3.63, 3.8) is 0 Å². The van der Waals surface area contributed by atoms with E-state index >= 15 is 0 Å². The first kappa shape index (κ1) is 12.9. The number of halogens is 1. The summed E-state index contributed by atoms with van der Waals surface area (Å²) in [4.78, 5) is 9.23. The topological polar surface area (TPSA) is 66.8 Å². The van der Waals surface area contributed by atoms with Gasteiger partial charge in [0.2, 0.25) is 5.50 Å². The van der Waals surface area contributed by atoms with Gasteiger partial charge in [-0.1, -0.05) is 18.2 Å². The lowest BCUT2D eigenvalue weighted by molar-refractivity contribution is 0.261. The molecular formula is C10H12FO4P. The van der Waals surface area contributed by atoms with Gasteiger partial charge in [-0.15, -0.1) is 0 Å². The summed E-state index contributed by atoms with van der Waals surface area (Å²) < 4.78 is 29.0. The highest BCUT2D eigenvalue weighted by Crippen LogP contribution is 2.49. The molecule has 1 aromatic rings. The molecule has 1 unspecified atom stereocenters. The zero-order chi connectivity index (χ0) is 12.2. The Bertz CT molecular complexity index is 444. The molecule has 1 aromatic carbocycles. The minimum atomic E-state index is -4.22. The third-order valence-corrected chi connectivity index (χ3v) is 3.10. The smallest absolute Gasteiger partial charge is 0.392 e. The maximum absolute atomic E-state index is 13.2. The van der Waals surface area contributed by atoms with E-state index in [0.717, 1.165) is 6.08 Å². The van der Waals surface area contributed by atoms with Crippen LogP contribution < -0.4 is 0 Å². The molecule has 1 rings (SSSR count). The van der Waals surface area contributed by atoms with E-state index in [-0.39, 0.29) is 12.2 Å². The molecule has 0 aromatic heterocycles. The fourth-order valence-corrected chi connectivity index (χ4v) is 1.84. The summed E-state index contributed by atoms with van der Waals surface area (Å²) >= 11 is 0. The Balaban J connectivity index is 3.02. The molecule has 0 aliphatic carbocycles. The van der Waals surface area contributed by atoms with Crippen molar-refractivity contribution >= 4 is 13.7 Å². The molecule has 0 radical (unpaired) electrons. The van der Waals surface area contributed by atoms with Crippen molar-refractivity contribution in [1.82, 2.24) is 0 Å². The molecule has 0 aliphatic heterocycles. The summed E-state index contributed by atoms with van der Waals surface area (Å²) in [6.45, 7) is 1.49. The van der Waals surface area contributed by atoms with Crippen molar-refractivity contribution < 1.29 is 23.5 Å². The number of hydrogen-bond donors (Lipinski definition) is 2. The van der Waals surface area contributed by atoms with E-state index in [1.807, 2.05) is 0 Å². The molecule has 88 valence electrons. The summed E-state index contributed by atoms with van der Waals surface area (Å²) in [5, 5.41) is 9.34. The van der Waals surface area contributed by atoms with Crippen LogP contribution in [0.2, 0.25) is 0 Å². The fraction of sp³-hybridized carbons (Fsp3) is 0.200. The largest absolute Gasteiger partial charge is 0.501 e. The third kappa shape index (κ3) is 3.17. The Morgan fingerprint density at radius 2 is 2.19 bits per heavy atom. The van der Waals surface area contributed by atoms with Crippen LogP contribution in [-0.2, 0) is 9.09 Å². The highest BCUT2D eigenvalue weighted by molar-refractivity contribution is 7.57. The lowest BCUT2D eigenvalue weighted by atomic mass is 10.2. The van der Waals surface area contributed by atoms with Gasteiger partial charge in [0.1, 0.15) is 5.82 Å². The van der Waals surface area contributed by atoms with Crippen LogP contribution in [-0.4, -0.2) is 16.6 Å². The normalized spacial score (nSPS) is 15.8. The van der Waals surface area contributed by atoms with Gasteiger partial charge in [0.15, 0.2) is 0 Å². The van der Waals surface area contributed by atoms with Gasteiger partial charge in [-0.05, 0) is 19.1 Å². The molecular weight excluding hydrogens is 234 g/mol. The van der Waals surface area contributed by atoms with Crippen molar-refractivity contribution in [1.29, 1.82) is 0 Å². The molecule has 2 N–H and O–H groups in total. The number of hydrogen-bond acceptors (Lipinski definition) is 3. The number of aliphatic hydroxyl groups is 1. The van der Waals surface area contributed by atoms with Crippen LogP contribution in [0.15, 0.2) is 29.8 Å². The second-order valence-corrected chi connectivity index (χ2v) is 4.72. The van der Waals surface area contributed by atoms with Crippen molar-refractivity contribution in [3.8, 4) is 0 Å². The molecule has 6 heteroatoms. The molecule has 16 heavy (non-hydrogen) atoms. The van der Waals surface area contributed by atoms with Gasteiger partial charge in [0.25, 0.3) is 0 Å². The first-order chi connectivity index (χ1) is 7.47. The lowest BCUT2D eigenvalue weighted by Crippen LogP contribution is -1.92. The Hall–Kier alpha value is -1.16. The van der Waals surface area contributed by atoms with Gasteiger partial charge >= 0.3 is 7.60 Å². The molecule has 0 saturated carbocycles. The molecule has 1 atom stereocenters. The van der Waals surface area contributed by atoms with Crippen molar-refractivity contribution in [3.05, 3.63) is 41.1 Å². The summed E-state index contributed by atoms with van der Waals surface area (Å²) in [6, 6.07) is 5.58. The minimum absolute atomic E-state index is 0.0222. The van der Waals surface area contributed by atoms with Crippen LogP contribution in [0.4, 0.5) is 4.39 Å². The predicted octanol–water partition coefficient (Wildman–Crippen LogP) is 2.90. The monoisotopic (exact) mass is 246 g/mol. The van der Waals surface area contributed by atoms with Crippen molar-refractivity contribution in [2.24, 2.45) is 0 Å². The van der Waals surface area contributed by atoms with Crippen LogP contribution in [0.25, 0.3) is 6.08 Å². The number of aliphatic hydroxyl groups excluding tert-OH is 1. The van der Waals surface area contributed by atoms with Gasteiger partial charge < -0.3 is 14.5 Å². The zero-order valence-corrected chi connectivity index (χ0v) is 9.52. The van der Waals surface area contributed by atoms with Crippen molar-refractivity contribution in [2.75, 3.05) is 6.61 Å². The van der Waals surface area contributed by atoms with Gasteiger partial charge in [-0.2, -0.15) is 0 Å². The number of benzene rings is 1. The molecule has 0 amide bonds. The first-order valence-corrected chi connectivity index (χ1v) is 6.18. The molecule has 0 heterocycles. The van der Waals surface area contributed by atoms with E-state index in [4.69, 9.17) is 0 Å². The Labute approximate surface area is 92.5 Å². The average molecular weight is 246 g/mol. The van der Waals surface area contributed by atoms with Crippen LogP contribution >= 0.6 is 7.60 Å². The molecule has 0 saturated heterocycles.